The standard InChI is InChI=1S/C15H14N4O2S/c1-10-12-8-11(9-17-15(12)21-19-10)18-13(20)5-7-22-14-4-2-3-6-16-14/h2-4,6,8-9H,5,7H2,1H3,(H,18,20). The maximum atomic E-state index is 12.0. The van der Waals surface area contributed by atoms with Gasteiger partial charge in [-0.1, -0.05) is 11.2 Å². The van der Waals surface area contributed by atoms with E-state index in [2.05, 4.69) is 20.4 Å². The molecule has 0 bridgehead atoms. The summed E-state index contributed by atoms with van der Waals surface area (Å²) in [5, 5.41) is 8.39. The minimum atomic E-state index is -0.0568. The van der Waals surface area contributed by atoms with E-state index in [9.17, 15) is 4.79 Å². The minimum absolute atomic E-state index is 0.0568. The Balaban J connectivity index is 1.55. The lowest BCUT2D eigenvalue weighted by atomic mass is 10.2. The van der Waals surface area contributed by atoms with Gasteiger partial charge in [0.2, 0.25) is 5.91 Å². The second kappa shape index (κ2) is 6.57. The van der Waals surface area contributed by atoms with Crippen molar-refractivity contribution in [3.05, 3.63) is 42.4 Å². The molecule has 0 unspecified atom stereocenters. The smallest absolute Gasteiger partial charge is 0.258 e. The van der Waals surface area contributed by atoms with Crippen LogP contribution in [0, 0.1) is 6.92 Å². The number of nitrogens with zero attached hydrogens (tertiary/aromatic N) is 3. The Morgan fingerprint density at radius 1 is 1.36 bits per heavy atom. The number of pyridine rings is 2. The molecule has 0 saturated heterocycles. The summed E-state index contributed by atoms with van der Waals surface area (Å²) in [5.74, 6) is 0.615. The molecule has 22 heavy (non-hydrogen) atoms. The summed E-state index contributed by atoms with van der Waals surface area (Å²) in [7, 11) is 0. The third-order valence-electron chi connectivity index (χ3n) is 3.01. The summed E-state index contributed by atoms with van der Waals surface area (Å²) in [6, 6.07) is 7.54. The first-order chi connectivity index (χ1) is 10.7. The summed E-state index contributed by atoms with van der Waals surface area (Å²) in [6.45, 7) is 1.84. The summed E-state index contributed by atoms with van der Waals surface area (Å²) < 4.78 is 5.04. The number of aromatic nitrogens is 3. The number of amides is 1. The van der Waals surface area contributed by atoms with E-state index in [0.717, 1.165) is 16.1 Å². The van der Waals surface area contributed by atoms with E-state index in [4.69, 9.17) is 4.52 Å². The van der Waals surface area contributed by atoms with Crippen LogP contribution in [0.1, 0.15) is 12.1 Å². The van der Waals surface area contributed by atoms with Gasteiger partial charge in [-0.2, -0.15) is 0 Å². The number of rotatable bonds is 5. The highest BCUT2D eigenvalue weighted by atomic mass is 32.2. The summed E-state index contributed by atoms with van der Waals surface area (Å²) in [4.78, 5) is 20.3. The van der Waals surface area contributed by atoms with Gasteiger partial charge in [-0.3, -0.25) is 4.79 Å². The molecule has 1 amide bonds. The highest BCUT2D eigenvalue weighted by Crippen LogP contribution is 2.20. The van der Waals surface area contributed by atoms with Crippen LogP contribution < -0.4 is 5.32 Å². The maximum absolute atomic E-state index is 12.0. The lowest BCUT2D eigenvalue weighted by molar-refractivity contribution is -0.115. The largest absolute Gasteiger partial charge is 0.336 e. The summed E-state index contributed by atoms with van der Waals surface area (Å²) in [6.07, 6.45) is 3.71. The monoisotopic (exact) mass is 314 g/mol. The van der Waals surface area contributed by atoms with Crippen molar-refractivity contribution in [2.24, 2.45) is 0 Å². The van der Waals surface area contributed by atoms with E-state index in [1.165, 1.54) is 0 Å². The topological polar surface area (TPSA) is 80.9 Å². The van der Waals surface area contributed by atoms with Gasteiger partial charge >= 0.3 is 0 Å². The van der Waals surface area contributed by atoms with Crippen molar-refractivity contribution in [2.75, 3.05) is 11.1 Å². The molecule has 0 spiro atoms. The number of carbonyl (C=O) groups is 1. The van der Waals surface area contributed by atoms with Crippen LogP contribution in [0.4, 0.5) is 5.69 Å². The van der Waals surface area contributed by atoms with Crippen molar-refractivity contribution in [2.45, 2.75) is 18.4 Å². The third kappa shape index (κ3) is 3.43. The SMILES string of the molecule is Cc1noc2ncc(NC(=O)CCSc3ccccn3)cc12. The van der Waals surface area contributed by atoms with Crippen LogP contribution in [-0.4, -0.2) is 26.8 Å². The van der Waals surface area contributed by atoms with Gasteiger partial charge in [-0.05, 0) is 25.1 Å². The van der Waals surface area contributed by atoms with E-state index in [1.54, 1.807) is 24.2 Å². The predicted molar refractivity (Wildman–Crippen MR) is 84.7 cm³/mol. The van der Waals surface area contributed by atoms with E-state index in [1.807, 2.05) is 31.2 Å². The highest BCUT2D eigenvalue weighted by Gasteiger charge is 2.08. The molecule has 1 N–H and O–H groups in total. The second-order valence-corrected chi connectivity index (χ2v) is 5.77. The number of nitrogens with one attached hydrogen (secondary N) is 1. The van der Waals surface area contributed by atoms with Crippen molar-refractivity contribution in [3.63, 3.8) is 0 Å². The molecule has 7 heteroatoms. The Kier molecular flexibility index (Phi) is 4.34. The molecule has 3 aromatic rings. The fraction of sp³-hybridized carbons (Fsp3) is 0.200. The first-order valence-electron chi connectivity index (χ1n) is 6.78. The lowest BCUT2D eigenvalue weighted by Crippen LogP contribution is -2.12. The van der Waals surface area contributed by atoms with Crippen LogP contribution in [0.15, 0.2) is 46.2 Å². The number of aryl methyl sites for hydroxylation is 1. The maximum Gasteiger partial charge on any atom is 0.258 e. The molecule has 3 heterocycles. The molecule has 0 fully saturated rings. The number of fused-ring (bicyclic) bond motifs is 1. The highest BCUT2D eigenvalue weighted by molar-refractivity contribution is 7.99. The van der Waals surface area contributed by atoms with Crippen LogP contribution in [0.3, 0.4) is 0 Å². The molecule has 3 aromatic heterocycles. The number of anilines is 1. The Morgan fingerprint density at radius 2 is 2.27 bits per heavy atom. The van der Waals surface area contributed by atoms with Gasteiger partial charge in [0, 0.05) is 18.4 Å². The van der Waals surface area contributed by atoms with Crippen molar-refractivity contribution in [1.82, 2.24) is 15.1 Å². The quantitative estimate of drug-likeness (QED) is 0.729. The molecule has 6 nitrogen and oxygen atoms in total. The van der Waals surface area contributed by atoms with Gasteiger partial charge in [0.05, 0.1) is 28.0 Å². The minimum Gasteiger partial charge on any atom is -0.336 e. The Morgan fingerprint density at radius 3 is 3.09 bits per heavy atom. The Hall–Kier alpha value is -2.41. The zero-order valence-corrected chi connectivity index (χ0v) is 12.8. The summed E-state index contributed by atoms with van der Waals surface area (Å²) in [5.41, 5.74) is 1.87. The third-order valence-corrected chi connectivity index (χ3v) is 3.96. The van der Waals surface area contributed by atoms with Crippen molar-refractivity contribution in [1.29, 1.82) is 0 Å². The van der Waals surface area contributed by atoms with Crippen LogP contribution in [0.25, 0.3) is 11.1 Å². The molecular weight excluding hydrogens is 300 g/mol. The number of carbonyl (C=O) groups excluding carboxylic acids is 1. The Bertz CT molecular complexity index is 789. The van der Waals surface area contributed by atoms with Gasteiger partial charge in [0.15, 0.2) is 0 Å². The average molecular weight is 314 g/mol. The first-order valence-corrected chi connectivity index (χ1v) is 7.76. The van der Waals surface area contributed by atoms with Gasteiger partial charge < -0.3 is 9.84 Å². The van der Waals surface area contributed by atoms with E-state index < -0.39 is 0 Å². The molecule has 0 radical (unpaired) electrons. The van der Waals surface area contributed by atoms with Gasteiger partial charge in [-0.25, -0.2) is 9.97 Å². The zero-order valence-electron chi connectivity index (χ0n) is 11.9. The van der Waals surface area contributed by atoms with Gasteiger partial charge in [0.1, 0.15) is 0 Å². The summed E-state index contributed by atoms with van der Waals surface area (Å²) >= 11 is 1.55. The average Bonchev–Trinajstić information content (AvgIpc) is 2.89. The van der Waals surface area contributed by atoms with E-state index in [0.29, 0.717) is 23.6 Å². The number of hydrogen-bond acceptors (Lipinski definition) is 6. The van der Waals surface area contributed by atoms with Crippen molar-refractivity contribution < 1.29 is 9.32 Å². The van der Waals surface area contributed by atoms with E-state index >= 15 is 0 Å². The lowest BCUT2D eigenvalue weighted by Gasteiger charge is -2.04. The molecule has 0 aromatic carbocycles. The van der Waals surface area contributed by atoms with E-state index in [-0.39, 0.29) is 5.91 Å². The van der Waals surface area contributed by atoms with Crippen LogP contribution in [0.2, 0.25) is 0 Å². The second-order valence-electron chi connectivity index (χ2n) is 4.66. The van der Waals surface area contributed by atoms with Crippen molar-refractivity contribution >= 4 is 34.5 Å². The zero-order chi connectivity index (χ0) is 15.4. The van der Waals surface area contributed by atoms with Gasteiger partial charge in [-0.15, -0.1) is 11.8 Å². The molecule has 0 aliphatic rings. The first kappa shape index (κ1) is 14.5. The molecule has 0 atom stereocenters. The number of thioether (sulfide) groups is 1. The molecule has 3 rings (SSSR count). The molecule has 0 aliphatic carbocycles. The van der Waals surface area contributed by atoms with Crippen LogP contribution >= 0.6 is 11.8 Å². The molecule has 112 valence electrons. The molecule has 0 saturated carbocycles. The fourth-order valence-electron chi connectivity index (χ4n) is 1.92. The van der Waals surface area contributed by atoms with Crippen molar-refractivity contribution in [3.8, 4) is 0 Å². The van der Waals surface area contributed by atoms with Crippen LogP contribution in [-0.2, 0) is 4.79 Å². The molecular formula is C15H14N4O2S. The Labute approximate surface area is 131 Å². The number of hydrogen-bond donors (Lipinski definition) is 1. The van der Waals surface area contributed by atoms with Crippen LogP contribution in [0.5, 0.6) is 0 Å². The normalized spacial score (nSPS) is 10.8. The molecule has 0 aliphatic heterocycles. The van der Waals surface area contributed by atoms with Gasteiger partial charge in [0.25, 0.3) is 5.71 Å². The predicted octanol–water partition coefficient (Wildman–Crippen LogP) is 3.05. The fourth-order valence-corrected chi connectivity index (χ4v) is 2.72.